The molecule has 1 aliphatic rings. The third-order valence-electron chi connectivity index (χ3n) is 4.21. The molecule has 3 rings (SSSR count). The van der Waals surface area contributed by atoms with Gasteiger partial charge in [0, 0.05) is 18.7 Å². The Hall–Kier alpha value is -2.86. The highest BCUT2D eigenvalue weighted by Gasteiger charge is 2.16. The van der Waals surface area contributed by atoms with Crippen molar-refractivity contribution in [3.05, 3.63) is 65.2 Å². The lowest BCUT2D eigenvalue weighted by molar-refractivity contribution is 0.0679. The molecule has 6 heteroatoms. The zero-order valence-electron chi connectivity index (χ0n) is 14.3. The van der Waals surface area contributed by atoms with E-state index < -0.39 is 5.97 Å². The average molecular weight is 355 g/mol. The number of aromatic carboxylic acids is 1. The lowest BCUT2D eigenvalue weighted by Crippen LogP contribution is -2.23. The first-order chi connectivity index (χ1) is 12.6. The molecule has 1 heterocycles. The standard InChI is InChI=1S/C20H21NO5/c22-19(21-12-14-6-8-15(9-7-14)20(23)24)16-3-1-4-17(11-16)26-13-18-5-2-10-25-18/h1,3-4,6-9,11,18H,2,5,10,12-13H2,(H,21,22)(H,23,24). The lowest BCUT2D eigenvalue weighted by Gasteiger charge is -2.12. The van der Waals surface area contributed by atoms with Crippen LogP contribution in [0.5, 0.6) is 5.75 Å². The summed E-state index contributed by atoms with van der Waals surface area (Å²) in [7, 11) is 0. The Kier molecular flexibility index (Phi) is 5.86. The van der Waals surface area contributed by atoms with E-state index in [4.69, 9.17) is 14.6 Å². The van der Waals surface area contributed by atoms with Crippen LogP contribution in [0.4, 0.5) is 0 Å². The Morgan fingerprint density at radius 1 is 1.15 bits per heavy atom. The molecule has 2 aromatic rings. The Morgan fingerprint density at radius 2 is 1.96 bits per heavy atom. The Bertz CT molecular complexity index is 766. The SMILES string of the molecule is O=C(O)c1ccc(CNC(=O)c2cccc(OCC3CCCO3)c2)cc1. The monoisotopic (exact) mass is 355 g/mol. The molecular weight excluding hydrogens is 334 g/mol. The molecule has 0 aliphatic carbocycles. The normalized spacial score (nSPS) is 16.2. The second kappa shape index (κ2) is 8.49. The Labute approximate surface area is 151 Å². The van der Waals surface area contributed by atoms with Crippen LogP contribution in [0.3, 0.4) is 0 Å². The van der Waals surface area contributed by atoms with Gasteiger partial charge in [0.15, 0.2) is 0 Å². The summed E-state index contributed by atoms with van der Waals surface area (Å²) in [6, 6.07) is 13.4. The van der Waals surface area contributed by atoms with Crippen LogP contribution < -0.4 is 10.1 Å². The fourth-order valence-electron chi connectivity index (χ4n) is 2.74. The van der Waals surface area contributed by atoms with Gasteiger partial charge in [0.2, 0.25) is 0 Å². The predicted octanol–water partition coefficient (Wildman–Crippen LogP) is 2.87. The number of rotatable bonds is 7. The highest BCUT2D eigenvalue weighted by Crippen LogP contribution is 2.17. The van der Waals surface area contributed by atoms with Gasteiger partial charge in [-0.2, -0.15) is 0 Å². The molecule has 2 aromatic carbocycles. The van der Waals surface area contributed by atoms with Gasteiger partial charge < -0.3 is 19.9 Å². The highest BCUT2D eigenvalue weighted by atomic mass is 16.5. The van der Waals surface area contributed by atoms with Crippen LogP contribution in [-0.2, 0) is 11.3 Å². The van der Waals surface area contributed by atoms with Gasteiger partial charge in [0.25, 0.3) is 5.91 Å². The van der Waals surface area contributed by atoms with Gasteiger partial charge in [-0.3, -0.25) is 4.79 Å². The Balaban J connectivity index is 1.53. The van der Waals surface area contributed by atoms with E-state index in [0.29, 0.717) is 24.5 Å². The number of hydrogen-bond donors (Lipinski definition) is 2. The number of carbonyl (C=O) groups excluding carboxylic acids is 1. The first-order valence-corrected chi connectivity index (χ1v) is 8.57. The van der Waals surface area contributed by atoms with Crippen molar-refractivity contribution < 1.29 is 24.2 Å². The fourth-order valence-corrected chi connectivity index (χ4v) is 2.74. The third-order valence-corrected chi connectivity index (χ3v) is 4.21. The summed E-state index contributed by atoms with van der Waals surface area (Å²) in [5, 5.41) is 11.7. The van der Waals surface area contributed by atoms with E-state index in [1.165, 1.54) is 12.1 Å². The first kappa shape index (κ1) is 17.9. The predicted molar refractivity (Wildman–Crippen MR) is 95.5 cm³/mol. The highest BCUT2D eigenvalue weighted by molar-refractivity contribution is 5.94. The molecule has 1 amide bonds. The molecular formula is C20H21NO5. The number of benzene rings is 2. The summed E-state index contributed by atoms with van der Waals surface area (Å²) in [5.41, 5.74) is 1.56. The van der Waals surface area contributed by atoms with Gasteiger partial charge in [-0.15, -0.1) is 0 Å². The van der Waals surface area contributed by atoms with Crippen LogP contribution in [0.1, 0.15) is 39.1 Å². The summed E-state index contributed by atoms with van der Waals surface area (Å²) in [6.07, 6.45) is 2.19. The number of hydrogen-bond acceptors (Lipinski definition) is 4. The van der Waals surface area contributed by atoms with Crippen molar-refractivity contribution >= 4 is 11.9 Å². The van der Waals surface area contributed by atoms with Gasteiger partial charge in [-0.25, -0.2) is 4.79 Å². The second-order valence-electron chi connectivity index (χ2n) is 6.16. The molecule has 1 fully saturated rings. The summed E-state index contributed by atoms with van der Waals surface area (Å²) in [5.74, 6) is -0.547. The number of ether oxygens (including phenoxy) is 2. The minimum absolute atomic E-state index is 0.126. The van der Waals surface area contributed by atoms with E-state index in [1.54, 1.807) is 30.3 Å². The van der Waals surface area contributed by atoms with Gasteiger partial charge >= 0.3 is 5.97 Å². The molecule has 2 N–H and O–H groups in total. The first-order valence-electron chi connectivity index (χ1n) is 8.57. The van der Waals surface area contributed by atoms with Gasteiger partial charge in [-0.05, 0) is 48.7 Å². The van der Waals surface area contributed by atoms with Gasteiger partial charge in [0.05, 0.1) is 11.7 Å². The maximum Gasteiger partial charge on any atom is 0.335 e. The summed E-state index contributed by atoms with van der Waals surface area (Å²) < 4.78 is 11.2. The van der Waals surface area contributed by atoms with Crippen molar-refractivity contribution in [1.82, 2.24) is 5.32 Å². The van der Waals surface area contributed by atoms with Crippen molar-refractivity contribution in [3.8, 4) is 5.75 Å². The molecule has 1 aliphatic heterocycles. The van der Waals surface area contributed by atoms with E-state index >= 15 is 0 Å². The Morgan fingerprint density at radius 3 is 2.65 bits per heavy atom. The van der Waals surface area contributed by atoms with Crippen LogP contribution in [0.25, 0.3) is 0 Å². The molecule has 0 aromatic heterocycles. The van der Waals surface area contributed by atoms with E-state index in [0.717, 1.165) is 25.0 Å². The van der Waals surface area contributed by atoms with Crippen LogP contribution >= 0.6 is 0 Å². The molecule has 0 radical (unpaired) electrons. The maximum atomic E-state index is 12.3. The quantitative estimate of drug-likeness (QED) is 0.798. The molecule has 1 atom stereocenters. The van der Waals surface area contributed by atoms with E-state index in [1.807, 2.05) is 6.07 Å². The van der Waals surface area contributed by atoms with E-state index in [9.17, 15) is 9.59 Å². The molecule has 1 unspecified atom stereocenters. The number of carbonyl (C=O) groups is 2. The van der Waals surface area contributed by atoms with Crippen LogP contribution in [0.2, 0.25) is 0 Å². The zero-order chi connectivity index (χ0) is 18.4. The molecule has 0 spiro atoms. The smallest absolute Gasteiger partial charge is 0.335 e. The molecule has 26 heavy (non-hydrogen) atoms. The number of carboxylic acids is 1. The maximum absolute atomic E-state index is 12.3. The van der Waals surface area contributed by atoms with Crippen LogP contribution in [-0.4, -0.2) is 36.3 Å². The zero-order valence-corrected chi connectivity index (χ0v) is 14.3. The minimum atomic E-state index is -0.972. The summed E-state index contributed by atoms with van der Waals surface area (Å²) >= 11 is 0. The van der Waals surface area contributed by atoms with Gasteiger partial charge in [-0.1, -0.05) is 18.2 Å². The molecule has 6 nitrogen and oxygen atoms in total. The number of carboxylic acid groups (broad SMARTS) is 1. The van der Waals surface area contributed by atoms with Crippen LogP contribution in [0, 0.1) is 0 Å². The molecule has 0 bridgehead atoms. The van der Waals surface area contributed by atoms with Crippen LogP contribution in [0.15, 0.2) is 48.5 Å². The fraction of sp³-hybridized carbons (Fsp3) is 0.300. The van der Waals surface area contributed by atoms with Crippen molar-refractivity contribution in [1.29, 1.82) is 0 Å². The van der Waals surface area contributed by atoms with E-state index in [2.05, 4.69) is 5.32 Å². The van der Waals surface area contributed by atoms with Gasteiger partial charge in [0.1, 0.15) is 12.4 Å². The molecule has 1 saturated heterocycles. The van der Waals surface area contributed by atoms with Crippen molar-refractivity contribution in [2.24, 2.45) is 0 Å². The summed E-state index contributed by atoms with van der Waals surface area (Å²) in [4.78, 5) is 23.2. The number of nitrogens with one attached hydrogen (secondary N) is 1. The third kappa shape index (κ3) is 4.83. The van der Waals surface area contributed by atoms with E-state index in [-0.39, 0.29) is 17.6 Å². The second-order valence-corrected chi connectivity index (χ2v) is 6.16. The van der Waals surface area contributed by atoms with Crippen molar-refractivity contribution in [3.63, 3.8) is 0 Å². The van der Waals surface area contributed by atoms with Crippen molar-refractivity contribution in [2.75, 3.05) is 13.2 Å². The largest absolute Gasteiger partial charge is 0.491 e. The average Bonchev–Trinajstić information content (AvgIpc) is 3.18. The minimum Gasteiger partial charge on any atom is -0.491 e. The topological polar surface area (TPSA) is 84.9 Å². The summed E-state index contributed by atoms with van der Waals surface area (Å²) in [6.45, 7) is 1.59. The molecule has 0 saturated carbocycles. The number of amides is 1. The van der Waals surface area contributed by atoms with Crippen molar-refractivity contribution in [2.45, 2.75) is 25.5 Å². The molecule has 136 valence electrons. The lowest BCUT2D eigenvalue weighted by atomic mass is 10.1.